The lowest BCUT2D eigenvalue weighted by Crippen LogP contribution is -2.16. The minimum Gasteiger partial charge on any atom is -0.317 e. The Morgan fingerprint density at radius 3 is 2.40 bits per heavy atom. The normalized spacial score (nSPS) is 10.1. The van der Waals surface area contributed by atoms with Gasteiger partial charge in [-0.25, -0.2) is 0 Å². The Balaban J connectivity index is 2.65. The van der Waals surface area contributed by atoms with Gasteiger partial charge in [-0.3, -0.25) is 0 Å². The molecule has 0 rings (SSSR count). The predicted octanol–water partition coefficient (Wildman–Crippen LogP) is 1.21. The Kier molecular flexibility index (Phi) is 9.05. The van der Waals surface area contributed by atoms with Crippen LogP contribution in [0.3, 0.4) is 0 Å². The van der Waals surface area contributed by atoms with Gasteiger partial charge < -0.3 is 5.32 Å². The number of hydrogen-bond donors (Lipinski definition) is 1. The first kappa shape index (κ1) is 10.0. The molecule has 0 bridgehead atoms. The predicted molar refractivity (Wildman–Crippen MR) is 50.4 cm³/mol. The van der Waals surface area contributed by atoms with Crippen LogP contribution in [0.1, 0.15) is 32.6 Å². The lowest BCUT2D eigenvalue weighted by molar-refractivity contribution is 0.611. The van der Waals surface area contributed by atoms with Gasteiger partial charge in [0.25, 0.3) is 0 Å². The molecule has 0 aromatic heterocycles. The fraction of sp³-hybridized carbons (Fsp3) is 1.00. The Morgan fingerprint density at radius 2 is 1.80 bits per heavy atom. The van der Waals surface area contributed by atoms with Crippen molar-refractivity contribution >= 4 is 7.85 Å². The maximum atomic E-state index is 3.42. The minimum absolute atomic E-state index is 1.21. The molecule has 10 heavy (non-hydrogen) atoms. The van der Waals surface area contributed by atoms with Gasteiger partial charge in [0, 0.05) is 0 Å². The van der Waals surface area contributed by atoms with Crippen LogP contribution < -0.4 is 5.32 Å². The monoisotopic (exact) mass is 141 g/mol. The average Bonchev–Trinajstić information content (AvgIpc) is 1.97. The van der Waals surface area contributed by atoms with Crippen LogP contribution >= 0.6 is 0 Å². The Bertz CT molecular complexity index is 49.2. The summed E-state index contributed by atoms with van der Waals surface area (Å²) in [5.74, 6) is 0. The van der Waals surface area contributed by atoms with Crippen LogP contribution in [0.25, 0.3) is 0 Å². The maximum Gasteiger partial charge on any atom is 0.101 e. The van der Waals surface area contributed by atoms with Crippen LogP contribution in [-0.4, -0.2) is 20.9 Å². The van der Waals surface area contributed by atoms with Gasteiger partial charge in [-0.1, -0.05) is 26.1 Å². The van der Waals surface area contributed by atoms with Crippen molar-refractivity contribution in [3.8, 4) is 0 Å². The van der Waals surface area contributed by atoms with Crippen molar-refractivity contribution in [3.63, 3.8) is 0 Å². The molecule has 0 saturated heterocycles. The van der Waals surface area contributed by atoms with E-state index in [9.17, 15) is 0 Å². The van der Waals surface area contributed by atoms with E-state index in [1.165, 1.54) is 45.1 Å². The number of unbranched alkanes of at least 4 members (excludes halogenated alkanes) is 2. The molecule has 0 amide bonds. The summed E-state index contributed by atoms with van der Waals surface area (Å²) >= 11 is 0. The van der Waals surface area contributed by atoms with E-state index < -0.39 is 0 Å². The zero-order chi connectivity index (χ0) is 7.66. The smallest absolute Gasteiger partial charge is 0.101 e. The molecule has 0 aliphatic heterocycles. The first-order valence-electron chi connectivity index (χ1n) is 4.62. The van der Waals surface area contributed by atoms with Crippen LogP contribution in [0, 0.1) is 0 Å². The summed E-state index contributed by atoms with van der Waals surface area (Å²) in [5, 5.41) is 3.42. The SMILES string of the molecule is BCCCNCCCCC. The molecule has 2 heteroatoms. The Labute approximate surface area is 66.0 Å². The summed E-state index contributed by atoms with van der Waals surface area (Å²) < 4.78 is 0. The zero-order valence-corrected chi connectivity index (χ0v) is 7.45. The highest BCUT2D eigenvalue weighted by Gasteiger charge is 1.85. The molecule has 1 nitrogen and oxygen atoms in total. The highest BCUT2D eigenvalue weighted by molar-refractivity contribution is 6.08. The molecule has 0 radical (unpaired) electrons. The molecule has 0 aromatic carbocycles. The van der Waals surface area contributed by atoms with Crippen LogP contribution in [0.5, 0.6) is 0 Å². The Hall–Kier alpha value is 0.0249. The number of rotatable bonds is 7. The summed E-state index contributed by atoms with van der Waals surface area (Å²) in [7, 11) is 2.23. The van der Waals surface area contributed by atoms with Crippen molar-refractivity contribution in [2.75, 3.05) is 13.1 Å². The number of hydrogen-bond acceptors (Lipinski definition) is 1. The fourth-order valence-corrected chi connectivity index (χ4v) is 0.927. The largest absolute Gasteiger partial charge is 0.317 e. The summed E-state index contributed by atoms with van der Waals surface area (Å²) in [6.45, 7) is 4.67. The third-order valence-electron chi connectivity index (χ3n) is 1.66. The molecular weight excluding hydrogens is 121 g/mol. The van der Waals surface area contributed by atoms with Crippen molar-refractivity contribution in [1.82, 2.24) is 5.32 Å². The van der Waals surface area contributed by atoms with Crippen molar-refractivity contribution in [1.29, 1.82) is 0 Å². The molecule has 0 spiro atoms. The van der Waals surface area contributed by atoms with E-state index in [0.717, 1.165) is 0 Å². The van der Waals surface area contributed by atoms with E-state index in [4.69, 9.17) is 0 Å². The molecule has 60 valence electrons. The summed E-state index contributed by atoms with van der Waals surface area (Å²) in [6, 6.07) is 0. The summed E-state index contributed by atoms with van der Waals surface area (Å²) in [6.07, 6.45) is 6.68. The van der Waals surface area contributed by atoms with Crippen molar-refractivity contribution in [2.45, 2.75) is 38.9 Å². The van der Waals surface area contributed by atoms with E-state index in [1.807, 2.05) is 0 Å². The number of nitrogens with one attached hydrogen (secondary N) is 1. The average molecular weight is 141 g/mol. The van der Waals surface area contributed by atoms with Gasteiger partial charge in [-0.2, -0.15) is 0 Å². The van der Waals surface area contributed by atoms with Crippen LogP contribution in [-0.2, 0) is 0 Å². The van der Waals surface area contributed by atoms with E-state index in [-0.39, 0.29) is 0 Å². The topological polar surface area (TPSA) is 12.0 Å². The third kappa shape index (κ3) is 8.02. The molecule has 0 fully saturated rings. The Morgan fingerprint density at radius 1 is 1.10 bits per heavy atom. The second kappa shape index (κ2) is 9.02. The second-order valence-electron chi connectivity index (χ2n) is 2.81. The van der Waals surface area contributed by atoms with E-state index >= 15 is 0 Å². The van der Waals surface area contributed by atoms with Crippen LogP contribution in [0.4, 0.5) is 0 Å². The summed E-state index contributed by atoms with van der Waals surface area (Å²) in [4.78, 5) is 0. The fourth-order valence-electron chi connectivity index (χ4n) is 0.927. The molecule has 0 aliphatic rings. The van der Waals surface area contributed by atoms with E-state index in [1.54, 1.807) is 0 Å². The highest BCUT2D eigenvalue weighted by atomic mass is 14.8. The lowest BCUT2D eigenvalue weighted by Gasteiger charge is -2.01. The van der Waals surface area contributed by atoms with Crippen molar-refractivity contribution < 1.29 is 0 Å². The minimum atomic E-state index is 1.21. The van der Waals surface area contributed by atoms with E-state index in [2.05, 4.69) is 20.1 Å². The molecule has 0 unspecified atom stereocenters. The lowest BCUT2D eigenvalue weighted by atomic mass is 10.0. The molecular formula is C8H20BN. The quantitative estimate of drug-likeness (QED) is 0.415. The molecule has 0 atom stereocenters. The van der Waals surface area contributed by atoms with Gasteiger partial charge >= 0.3 is 0 Å². The van der Waals surface area contributed by atoms with Crippen molar-refractivity contribution in [3.05, 3.63) is 0 Å². The summed E-state index contributed by atoms with van der Waals surface area (Å²) in [5.41, 5.74) is 0. The van der Waals surface area contributed by atoms with Crippen LogP contribution in [0.15, 0.2) is 0 Å². The first-order valence-corrected chi connectivity index (χ1v) is 4.62. The molecule has 0 aromatic rings. The van der Waals surface area contributed by atoms with Gasteiger partial charge in [-0.05, 0) is 25.9 Å². The zero-order valence-electron chi connectivity index (χ0n) is 7.45. The van der Waals surface area contributed by atoms with Gasteiger partial charge in [0.05, 0.1) is 0 Å². The first-order chi connectivity index (χ1) is 4.91. The third-order valence-corrected chi connectivity index (χ3v) is 1.66. The molecule has 0 aliphatic carbocycles. The standard InChI is InChI=1S/C8H20BN/c1-2-3-4-7-10-8-5-6-9/h10H,2-9H2,1H3. The maximum absolute atomic E-state index is 3.42. The second-order valence-corrected chi connectivity index (χ2v) is 2.81. The van der Waals surface area contributed by atoms with Gasteiger partial charge in [0.2, 0.25) is 0 Å². The highest BCUT2D eigenvalue weighted by Crippen LogP contribution is 1.91. The van der Waals surface area contributed by atoms with Gasteiger partial charge in [-0.15, -0.1) is 0 Å². The molecule has 0 heterocycles. The van der Waals surface area contributed by atoms with Gasteiger partial charge in [0.1, 0.15) is 7.85 Å². The molecule has 1 N–H and O–H groups in total. The van der Waals surface area contributed by atoms with Crippen LogP contribution in [0.2, 0.25) is 6.32 Å². The van der Waals surface area contributed by atoms with Crippen molar-refractivity contribution in [2.24, 2.45) is 0 Å². The van der Waals surface area contributed by atoms with E-state index in [0.29, 0.717) is 0 Å². The molecule has 0 saturated carbocycles. The van der Waals surface area contributed by atoms with Gasteiger partial charge in [0.15, 0.2) is 0 Å².